The molecule has 1 aromatic carbocycles. The maximum absolute atomic E-state index is 5.97. The Balaban J connectivity index is 2.19. The van der Waals surface area contributed by atoms with Gasteiger partial charge in [0.25, 0.3) is 0 Å². The number of nitrogen functional groups attached to an aromatic ring is 1. The van der Waals surface area contributed by atoms with Crippen molar-refractivity contribution in [3.05, 3.63) is 18.2 Å². The molecule has 3 rings (SSSR count). The monoisotopic (exact) mass is 217 g/mol. The molecule has 2 N–H and O–H groups in total. The Morgan fingerprint density at radius 3 is 2.88 bits per heavy atom. The summed E-state index contributed by atoms with van der Waals surface area (Å²) in [4.78, 5) is 4.38. The summed E-state index contributed by atoms with van der Waals surface area (Å²) in [6.45, 7) is 0. The molecule has 1 aliphatic rings. The lowest BCUT2D eigenvalue weighted by Crippen LogP contribution is -2.18. The van der Waals surface area contributed by atoms with Crippen LogP contribution in [-0.2, 0) is 0 Å². The van der Waals surface area contributed by atoms with Gasteiger partial charge in [0.1, 0.15) is 5.75 Å². The maximum Gasteiger partial charge on any atom is 0.201 e. The first-order valence-corrected chi connectivity index (χ1v) is 5.61. The van der Waals surface area contributed by atoms with Gasteiger partial charge in [0.05, 0.1) is 18.1 Å². The van der Waals surface area contributed by atoms with Crippen LogP contribution in [0.3, 0.4) is 0 Å². The Morgan fingerprint density at radius 2 is 2.25 bits per heavy atom. The number of benzene rings is 1. The Hall–Kier alpha value is -1.71. The summed E-state index contributed by atoms with van der Waals surface area (Å²) >= 11 is 0. The van der Waals surface area contributed by atoms with Crippen molar-refractivity contribution < 1.29 is 4.74 Å². The van der Waals surface area contributed by atoms with Crippen LogP contribution in [0, 0.1) is 0 Å². The van der Waals surface area contributed by atoms with Crippen LogP contribution in [0.2, 0.25) is 0 Å². The number of hydrogen-bond acceptors (Lipinski definition) is 3. The van der Waals surface area contributed by atoms with Gasteiger partial charge in [-0.1, -0.05) is 0 Å². The molecule has 0 spiro atoms. The zero-order chi connectivity index (χ0) is 11.1. The van der Waals surface area contributed by atoms with Gasteiger partial charge in [0.15, 0.2) is 0 Å². The molecule has 4 nitrogen and oxygen atoms in total. The van der Waals surface area contributed by atoms with Gasteiger partial charge in [0.2, 0.25) is 5.95 Å². The summed E-state index contributed by atoms with van der Waals surface area (Å²) in [7, 11) is 1.68. The average molecular weight is 217 g/mol. The largest absolute Gasteiger partial charge is 0.497 e. The third-order valence-electron chi connectivity index (χ3n) is 3.36. The van der Waals surface area contributed by atoms with E-state index in [1.165, 1.54) is 19.3 Å². The number of nitrogens with two attached hydrogens (primary N) is 1. The maximum atomic E-state index is 5.97. The van der Waals surface area contributed by atoms with Crippen LogP contribution < -0.4 is 10.5 Å². The minimum atomic E-state index is 0.525. The number of nitrogens with zero attached hydrogens (tertiary/aromatic N) is 2. The lowest BCUT2D eigenvalue weighted by Gasteiger charge is -2.28. The van der Waals surface area contributed by atoms with Crippen molar-refractivity contribution in [3.63, 3.8) is 0 Å². The van der Waals surface area contributed by atoms with Crippen LogP contribution >= 0.6 is 0 Å². The molecule has 1 saturated carbocycles. The van der Waals surface area contributed by atoms with Crippen LogP contribution in [0.15, 0.2) is 18.2 Å². The fourth-order valence-electron chi connectivity index (χ4n) is 2.25. The zero-order valence-corrected chi connectivity index (χ0v) is 9.31. The summed E-state index contributed by atoms with van der Waals surface area (Å²) in [6, 6.07) is 6.41. The van der Waals surface area contributed by atoms with Crippen molar-refractivity contribution in [2.45, 2.75) is 25.3 Å². The number of rotatable bonds is 2. The fourth-order valence-corrected chi connectivity index (χ4v) is 2.25. The number of aromatic nitrogens is 2. The molecule has 2 aromatic rings. The molecular weight excluding hydrogens is 202 g/mol. The number of imidazole rings is 1. The summed E-state index contributed by atoms with van der Waals surface area (Å²) in [6.07, 6.45) is 3.69. The first kappa shape index (κ1) is 9.51. The SMILES string of the molecule is COc1ccc2nc(N)n(C3CCC3)c2c1. The van der Waals surface area contributed by atoms with E-state index in [9.17, 15) is 0 Å². The topological polar surface area (TPSA) is 53.1 Å². The highest BCUT2D eigenvalue weighted by atomic mass is 16.5. The fraction of sp³-hybridized carbons (Fsp3) is 0.417. The van der Waals surface area contributed by atoms with E-state index in [1.807, 2.05) is 18.2 Å². The normalized spacial score (nSPS) is 16.3. The van der Waals surface area contributed by atoms with Gasteiger partial charge in [-0.15, -0.1) is 0 Å². The van der Waals surface area contributed by atoms with Gasteiger partial charge < -0.3 is 15.0 Å². The van der Waals surface area contributed by atoms with Crippen molar-refractivity contribution >= 4 is 17.0 Å². The van der Waals surface area contributed by atoms with Crippen LogP contribution in [-0.4, -0.2) is 16.7 Å². The summed E-state index contributed by atoms with van der Waals surface area (Å²) in [5.41, 5.74) is 8.00. The molecule has 16 heavy (non-hydrogen) atoms. The highest BCUT2D eigenvalue weighted by molar-refractivity contribution is 5.80. The Morgan fingerprint density at radius 1 is 1.44 bits per heavy atom. The van der Waals surface area contributed by atoms with Crippen molar-refractivity contribution in [2.24, 2.45) is 0 Å². The third kappa shape index (κ3) is 1.26. The molecule has 0 aliphatic heterocycles. The minimum absolute atomic E-state index is 0.525. The predicted octanol–water partition coefficient (Wildman–Crippen LogP) is 2.35. The first-order chi connectivity index (χ1) is 7.79. The van der Waals surface area contributed by atoms with E-state index in [4.69, 9.17) is 10.5 Å². The lowest BCUT2D eigenvalue weighted by atomic mass is 9.93. The number of fused-ring (bicyclic) bond motifs is 1. The van der Waals surface area contributed by atoms with E-state index >= 15 is 0 Å². The van der Waals surface area contributed by atoms with Crippen molar-refractivity contribution in [3.8, 4) is 5.75 Å². The van der Waals surface area contributed by atoms with Gasteiger partial charge in [-0.05, 0) is 31.4 Å². The summed E-state index contributed by atoms with van der Waals surface area (Å²) < 4.78 is 7.38. The van der Waals surface area contributed by atoms with Gasteiger partial charge in [-0.2, -0.15) is 0 Å². The summed E-state index contributed by atoms with van der Waals surface area (Å²) in [5.74, 6) is 1.47. The molecule has 0 bridgehead atoms. The van der Waals surface area contributed by atoms with Gasteiger partial charge in [-0.3, -0.25) is 0 Å². The first-order valence-electron chi connectivity index (χ1n) is 5.61. The van der Waals surface area contributed by atoms with Crippen molar-refractivity contribution in [1.82, 2.24) is 9.55 Å². The smallest absolute Gasteiger partial charge is 0.201 e. The van der Waals surface area contributed by atoms with Crippen molar-refractivity contribution in [1.29, 1.82) is 0 Å². The third-order valence-corrected chi connectivity index (χ3v) is 3.36. The molecule has 84 valence electrons. The zero-order valence-electron chi connectivity index (χ0n) is 9.31. The predicted molar refractivity (Wildman–Crippen MR) is 63.6 cm³/mol. The van der Waals surface area contributed by atoms with Crippen LogP contribution in [0.25, 0.3) is 11.0 Å². The van der Waals surface area contributed by atoms with Crippen LogP contribution in [0.5, 0.6) is 5.75 Å². The molecule has 4 heteroatoms. The van der Waals surface area contributed by atoms with E-state index < -0.39 is 0 Å². The molecule has 0 radical (unpaired) electrons. The quantitative estimate of drug-likeness (QED) is 0.840. The van der Waals surface area contributed by atoms with Crippen molar-refractivity contribution in [2.75, 3.05) is 12.8 Å². The molecule has 0 amide bonds. The van der Waals surface area contributed by atoms with E-state index in [1.54, 1.807) is 7.11 Å². The molecule has 1 heterocycles. The second-order valence-electron chi connectivity index (χ2n) is 4.28. The minimum Gasteiger partial charge on any atom is -0.497 e. The molecule has 1 aliphatic carbocycles. The molecular formula is C12H15N3O. The van der Waals surface area contributed by atoms with Crippen LogP contribution in [0.1, 0.15) is 25.3 Å². The van der Waals surface area contributed by atoms with Crippen LogP contribution in [0.4, 0.5) is 5.95 Å². The summed E-state index contributed by atoms with van der Waals surface area (Å²) in [5, 5.41) is 0. The van der Waals surface area contributed by atoms with E-state index in [0.29, 0.717) is 12.0 Å². The number of methoxy groups -OCH3 is 1. The van der Waals surface area contributed by atoms with Gasteiger partial charge in [0, 0.05) is 12.1 Å². The lowest BCUT2D eigenvalue weighted by molar-refractivity contribution is 0.323. The highest BCUT2D eigenvalue weighted by Crippen LogP contribution is 2.37. The van der Waals surface area contributed by atoms with E-state index in [2.05, 4.69) is 9.55 Å². The molecule has 0 unspecified atom stereocenters. The molecule has 1 aromatic heterocycles. The Labute approximate surface area is 94.0 Å². The van der Waals surface area contributed by atoms with E-state index in [-0.39, 0.29) is 0 Å². The average Bonchev–Trinajstić information content (AvgIpc) is 2.53. The second kappa shape index (κ2) is 3.40. The Bertz CT molecular complexity index is 528. The number of hydrogen-bond donors (Lipinski definition) is 1. The number of ether oxygens (including phenoxy) is 1. The molecule has 1 fully saturated rings. The van der Waals surface area contributed by atoms with Gasteiger partial charge in [-0.25, -0.2) is 4.98 Å². The van der Waals surface area contributed by atoms with Gasteiger partial charge >= 0.3 is 0 Å². The molecule has 0 saturated heterocycles. The Kier molecular flexibility index (Phi) is 2.02. The highest BCUT2D eigenvalue weighted by Gasteiger charge is 2.23. The number of anilines is 1. The standard InChI is InChI=1S/C12H15N3O/c1-16-9-5-6-10-11(7-9)15(12(13)14-10)8-3-2-4-8/h5-8H,2-4H2,1H3,(H2,13,14). The second-order valence-corrected chi connectivity index (χ2v) is 4.28. The molecule has 0 atom stereocenters. The van der Waals surface area contributed by atoms with E-state index in [0.717, 1.165) is 16.8 Å².